The zero-order valence-corrected chi connectivity index (χ0v) is 44.1. The molecule has 410 valence electrons. The number of unbranched alkanes of at least 4 members (excludes halogenated alkanes) is 21. The van der Waals surface area contributed by atoms with Gasteiger partial charge in [0.1, 0.15) is 49.3 Å². The van der Waals surface area contributed by atoms with E-state index < -0.39 is 89.6 Å². The van der Waals surface area contributed by atoms with Gasteiger partial charge in [-0.1, -0.05) is 172 Å². The number of aliphatic hydroxyl groups excluding tert-OH is 5. The summed E-state index contributed by atoms with van der Waals surface area (Å²) in [7, 11) is -10.6. The molecule has 0 radical (unpaired) electrons. The molecular formula is C50H92O18P2. The molecule has 1 rings (SSSR count). The molecule has 1 saturated carbocycles. The van der Waals surface area contributed by atoms with Crippen LogP contribution in [0.5, 0.6) is 0 Å². The number of hydrogen-bond donors (Lipinski definition) is 8. The first-order valence-electron chi connectivity index (χ1n) is 26.2. The number of allylic oxidation sites excluding steroid dienone is 6. The lowest BCUT2D eigenvalue weighted by Gasteiger charge is -2.43. The van der Waals surface area contributed by atoms with Gasteiger partial charge in [-0.2, -0.15) is 0 Å². The van der Waals surface area contributed by atoms with E-state index >= 15 is 0 Å². The first-order valence-corrected chi connectivity index (χ1v) is 29.2. The average molecular weight is 1040 g/mol. The average Bonchev–Trinajstić information content (AvgIpc) is 3.31. The maximum absolute atomic E-state index is 12.8. The number of hydrogen-bond acceptors (Lipinski definition) is 15. The Morgan fingerprint density at radius 2 is 0.943 bits per heavy atom. The maximum atomic E-state index is 12.8. The highest BCUT2D eigenvalue weighted by Gasteiger charge is 2.54. The minimum absolute atomic E-state index is 0.134. The van der Waals surface area contributed by atoms with Gasteiger partial charge in [-0.3, -0.25) is 23.2 Å². The highest BCUT2D eigenvalue weighted by molar-refractivity contribution is 7.47. The van der Waals surface area contributed by atoms with E-state index in [1.54, 1.807) is 0 Å². The van der Waals surface area contributed by atoms with Gasteiger partial charge in [-0.15, -0.1) is 0 Å². The highest BCUT2D eigenvalue weighted by atomic mass is 31.2. The first kappa shape index (κ1) is 66.2. The van der Waals surface area contributed by atoms with E-state index in [2.05, 4.69) is 42.7 Å². The smallest absolute Gasteiger partial charge is 0.462 e. The van der Waals surface area contributed by atoms with Crippen molar-refractivity contribution in [3.05, 3.63) is 36.5 Å². The molecule has 0 spiro atoms. The summed E-state index contributed by atoms with van der Waals surface area (Å²) in [6.45, 7) is 2.37. The number of carbonyl (C=O) groups is 2. The second kappa shape index (κ2) is 41.5. The molecule has 0 aromatic rings. The van der Waals surface area contributed by atoms with E-state index in [0.29, 0.717) is 19.3 Å². The maximum Gasteiger partial charge on any atom is 0.472 e. The molecule has 0 aromatic heterocycles. The molecule has 20 heteroatoms. The Balaban J connectivity index is 2.57. The Kier molecular flexibility index (Phi) is 39.2. The van der Waals surface area contributed by atoms with Gasteiger partial charge in [-0.25, -0.2) is 9.13 Å². The lowest BCUT2D eigenvalue weighted by molar-refractivity contribution is -0.216. The summed E-state index contributed by atoms with van der Waals surface area (Å²) < 4.78 is 54.3. The lowest BCUT2D eigenvalue weighted by Crippen LogP contribution is -2.64. The molecule has 18 nitrogen and oxygen atoms in total. The molecule has 70 heavy (non-hydrogen) atoms. The zero-order valence-electron chi connectivity index (χ0n) is 42.3. The third kappa shape index (κ3) is 35.3. The summed E-state index contributed by atoms with van der Waals surface area (Å²) in [5, 5.41) is 51.3. The summed E-state index contributed by atoms with van der Waals surface area (Å²) >= 11 is 0. The number of aliphatic hydroxyl groups is 5. The fraction of sp³-hybridized carbons (Fsp3) is 0.840. The normalized spacial score (nSPS) is 21.7. The van der Waals surface area contributed by atoms with Crippen LogP contribution in [0.25, 0.3) is 0 Å². The minimum atomic E-state index is -5.36. The van der Waals surface area contributed by atoms with Crippen LogP contribution < -0.4 is 0 Å². The lowest BCUT2D eigenvalue weighted by atomic mass is 9.85. The number of rotatable bonds is 45. The van der Waals surface area contributed by atoms with Gasteiger partial charge in [0, 0.05) is 12.8 Å². The van der Waals surface area contributed by atoms with E-state index in [4.69, 9.17) is 33.0 Å². The molecule has 5 unspecified atom stereocenters. The molecule has 0 amide bonds. The van der Waals surface area contributed by atoms with Crippen LogP contribution in [-0.2, 0) is 46.5 Å². The Morgan fingerprint density at radius 3 is 1.46 bits per heavy atom. The predicted molar refractivity (Wildman–Crippen MR) is 267 cm³/mol. The highest BCUT2D eigenvalue weighted by Crippen LogP contribution is 2.48. The van der Waals surface area contributed by atoms with Crippen molar-refractivity contribution < 1.29 is 86.7 Å². The van der Waals surface area contributed by atoms with Crippen LogP contribution in [0.15, 0.2) is 36.5 Å². The number of phosphoric ester groups is 2. The Hall–Kier alpha value is -1.86. The molecule has 0 aliphatic heterocycles. The summed E-state index contributed by atoms with van der Waals surface area (Å²) in [5.41, 5.74) is 0. The third-order valence-electron chi connectivity index (χ3n) is 11.8. The number of carbonyl (C=O) groups excluding carboxylic acids is 2. The van der Waals surface area contributed by atoms with Crippen molar-refractivity contribution in [3.8, 4) is 0 Å². The van der Waals surface area contributed by atoms with E-state index in [1.807, 2.05) is 12.2 Å². The second-order valence-corrected chi connectivity index (χ2v) is 21.0. The minimum Gasteiger partial charge on any atom is -0.462 e. The molecule has 0 bridgehead atoms. The van der Waals surface area contributed by atoms with Gasteiger partial charge in [0.25, 0.3) is 0 Å². The summed E-state index contributed by atoms with van der Waals surface area (Å²) in [6, 6.07) is 0. The van der Waals surface area contributed by atoms with Crippen molar-refractivity contribution in [1.29, 1.82) is 0 Å². The van der Waals surface area contributed by atoms with Gasteiger partial charge in [0.15, 0.2) is 6.10 Å². The van der Waals surface area contributed by atoms with Crippen molar-refractivity contribution in [1.82, 2.24) is 0 Å². The van der Waals surface area contributed by atoms with Crippen molar-refractivity contribution in [2.45, 2.75) is 242 Å². The van der Waals surface area contributed by atoms with Crippen LogP contribution >= 0.6 is 15.6 Å². The molecule has 1 aliphatic carbocycles. The fourth-order valence-electron chi connectivity index (χ4n) is 7.78. The van der Waals surface area contributed by atoms with Gasteiger partial charge < -0.3 is 54.4 Å². The first-order chi connectivity index (χ1) is 33.5. The summed E-state index contributed by atoms with van der Waals surface area (Å²) in [5.74, 6) is -1.00. The zero-order chi connectivity index (χ0) is 51.9. The van der Waals surface area contributed by atoms with Crippen molar-refractivity contribution in [3.63, 3.8) is 0 Å². The Labute approximate surface area is 418 Å². The topological polar surface area (TPSA) is 285 Å². The van der Waals surface area contributed by atoms with Crippen LogP contribution in [0.3, 0.4) is 0 Å². The van der Waals surface area contributed by atoms with Gasteiger partial charge in [0.2, 0.25) is 0 Å². The van der Waals surface area contributed by atoms with Crippen molar-refractivity contribution >= 4 is 27.6 Å². The summed E-state index contributed by atoms with van der Waals surface area (Å²) in [6.07, 6.45) is 26.4. The fourth-order valence-corrected chi connectivity index (χ4v) is 9.33. The van der Waals surface area contributed by atoms with Crippen molar-refractivity contribution in [2.75, 3.05) is 26.4 Å². The molecule has 0 heterocycles. The van der Waals surface area contributed by atoms with E-state index in [9.17, 15) is 49.1 Å². The molecular weight excluding hydrogens is 950 g/mol. The van der Waals surface area contributed by atoms with Crippen LogP contribution in [-0.4, -0.2) is 127 Å². The second-order valence-electron chi connectivity index (χ2n) is 18.4. The molecule has 1 aliphatic rings. The number of phosphoric acid groups is 2. The molecule has 9 atom stereocenters. The molecule has 0 aromatic carbocycles. The van der Waals surface area contributed by atoms with E-state index in [0.717, 1.165) is 44.9 Å². The monoisotopic (exact) mass is 1040 g/mol. The predicted octanol–water partition coefficient (Wildman–Crippen LogP) is 8.89. The van der Waals surface area contributed by atoms with Gasteiger partial charge in [0.05, 0.1) is 19.8 Å². The number of ether oxygens (including phenoxy) is 3. The van der Waals surface area contributed by atoms with Crippen LogP contribution in [0.1, 0.15) is 194 Å². The van der Waals surface area contributed by atoms with Gasteiger partial charge in [-0.05, 0) is 44.9 Å². The SMILES string of the molecule is CCCCCCCCC=CCC=CCC=CCCCC(=O)OC[C@H](COC[C@@H](O)COP(=O)(O)O[C@H]1C(O)C(O)C(O)[C@@H](OP(=O)(O)O)C1O)OC(=O)CCCCCCCCCCCCCCCCC. The van der Waals surface area contributed by atoms with Crippen LogP contribution in [0, 0.1) is 0 Å². The summed E-state index contributed by atoms with van der Waals surface area (Å²) in [4.78, 5) is 53.9. The quantitative estimate of drug-likeness (QED) is 0.0122. The third-order valence-corrected chi connectivity index (χ3v) is 13.3. The number of esters is 2. The Bertz CT molecular complexity index is 1510. The Morgan fingerprint density at radius 1 is 0.500 bits per heavy atom. The molecule has 8 N–H and O–H groups in total. The van der Waals surface area contributed by atoms with Crippen LogP contribution in [0.2, 0.25) is 0 Å². The van der Waals surface area contributed by atoms with Crippen LogP contribution in [0.4, 0.5) is 0 Å². The van der Waals surface area contributed by atoms with Crippen molar-refractivity contribution in [2.24, 2.45) is 0 Å². The standard InChI is InChI=1S/C50H92O18P2/c1-3-5-7-9-11-13-15-17-19-20-22-23-25-27-29-31-33-35-43(52)64-40-42(66-44(53)36-34-32-30-28-26-24-21-18-16-14-12-10-8-6-4-2)39-63-37-41(51)38-65-70(61,62)68-50-47(56)45(54)46(55)49(48(50)57)67-69(58,59)60/h17,19,22-23,27,29,41-42,45-51,54-57H,3-16,18,20-21,24-26,28,30-40H2,1-2H3,(H,61,62)(H2,58,59,60)/t41-,42+,45?,46?,47?,48?,49-,50+/m1/s1. The van der Waals surface area contributed by atoms with E-state index in [1.165, 1.54) is 103 Å². The van der Waals surface area contributed by atoms with Gasteiger partial charge >= 0.3 is 27.6 Å². The molecule has 1 fully saturated rings. The molecule has 0 saturated heterocycles. The largest absolute Gasteiger partial charge is 0.472 e. The van der Waals surface area contributed by atoms with E-state index in [-0.39, 0.29) is 26.1 Å².